The first kappa shape index (κ1) is 18.6. The van der Waals surface area contributed by atoms with Gasteiger partial charge in [-0.3, -0.25) is 4.79 Å². The van der Waals surface area contributed by atoms with E-state index in [2.05, 4.69) is 10.3 Å². The fourth-order valence-electron chi connectivity index (χ4n) is 4.49. The maximum absolute atomic E-state index is 12.4. The van der Waals surface area contributed by atoms with E-state index in [0.29, 0.717) is 48.2 Å². The van der Waals surface area contributed by atoms with Crippen LogP contribution in [0, 0.1) is 17.8 Å². The molecule has 29 heavy (non-hydrogen) atoms. The number of rotatable bonds is 5. The van der Waals surface area contributed by atoms with Gasteiger partial charge in [0.2, 0.25) is 0 Å². The van der Waals surface area contributed by atoms with Crippen LogP contribution in [0.1, 0.15) is 23.7 Å². The molecule has 2 saturated heterocycles. The monoisotopic (exact) mass is 416 g/mol. The standard InChI is InChI=1S/C20H24N4O4S/c1-20(9-27-10-20)28-19(26)24-7-13-12(14(13)8-24)4-5-22-17(25)11-2-3-15-16(6-11)29-18(21)23-15/h2-3,6,12-14H,4-5,7-10H2,1H3,(H2,21,23)(H,22,25)/t12-,13-,14+. The summed E-state index contributed by atoms with van der Waals surface area (Å²) in [5.41, 5.74) is 6.70. The molecule has 2 aliphatic heterocycles. The summed E-state index contributed by atoms with van der Waals surface area (Å²) in [6.45, 7) is 5.00. The SMILES string of the molecule is CC1(OC(=O)N2C[C@@H]3[C@@H](CCNC(=O)c4ccc5nc(N)sc5c4)[C@@H]3C2)COC1. The topological polar surface area (TPSA) is 107 Å². The number of ether oxygens (including phenoxy) is 2. The molecule has 9 heteroatoms. The number of piperidine rings is 1. The van der Waals surface area contributed by atoms with Gasteiger partial charge in [0, 0.05) is 25.2 Å². The lowest BCUT2D eigenvalue weighted by Crippen LogP contribution is -2.52. The maximum Gasteiger partial charge on any atom is 0.410 e. The number of aromatic nitrogens is 1. The van der Waals surface area contributed by atoms with Gasteiger partial charge in [0.05, 0.1) is 23.4 Å². The molecule has 154 valence electrons. The number of likely N-dealkylation sites (tertiary alicyclic amines) is 1. The van der Waals surface area contributed by atoms with Gasteiger partial charge in [-0.2, -0.15) is 0 Å². The van der Waals surface area contributed by atoms with Gasteiger partial charge in [-0.25, -0.2) is 9.78 Å². The van der Waals surface area contributed by atoms with E-state index >= 15 is 0 Å². The van der Waals surface area contributed by atoms with Crippen LogP contribution in [0.4, 0.5) is 9.93 Å². The number of hydrogen-bond acceptors (Lipinski definition) is 7. The van der Waals surface area contributed by atoms with Crippen molar-refractivity contribution in [3.63, 3.8) is 0 Å². The average Bonchev–Trinajstić information content (AvgIpc) is 3.00. The molecule has 5 rings (SSSR count). The Hall–Kier alpha value is -2.39. The summed E-state index contributed by atoms with van der Waals surface area (Å²) < 4.78 is 11.6. The molecule has 3 N–H and O–H groups in total. The lowest BCUT2D eigenvalue weighted by atomic mass is 10.1. The van der Waals surface area contributed by atoms with Crippen molar-refractivity contribution in [3.05, 3.63) is 23.8 Å². The summed E-state index contributed by atoms with van der Waals surface area (Å²) in [5, 5.41) is 3.51. The Morgan fingerprint density at radius 3 is 2.83 bits per heavy atom. The molecule has 3 atom stereocenters. The molecule has 0 radical (unpaired) electrons. The van der Waals surface area contributed by atoms with E-state index in [1.807, 2.05) is 24.0 Å². The van der Waals surface area contributed by atoms with E-state index in [1.54, 1.807) is 6.07 Å². The van der Waals surface area contributed by atoms with Crippen LogP contribution in [-0.2, 0) is 9.47 Å². The highest BCUT2D eigenvalue weighted by Crippen LogP contribution is 2.53. The van der Waals surface area contributed by atoms with Gasteiger partial charge in [0.25, 0.3) is 5.91 Å². The number of thiazole rings is 1. The van der Waals surface area contributed by atoms with Crippen molar-refractivity contribution < 1.29 is 19.1 Å². The Morgan fingerprint density at radius 1 is 1.38 bits per heavy atom. The van der Waals surface area contributed by atoms with Crippen LogP contribution >= 0.6 is 11.3 Å². The van der Waals surface area contributed by atoms with Crippen LogP contribution in [0.25, 0.3) is 10.2 Å². The van der Waals surface area contributed by atoms with E-state index < -0.39 is 5.60 Å². The predicted molar refractivity (Wildman–Crippen MR) is 109 cm³/mol. The first-order valence-corrected chi connectivity index (χ1v) is 10.7. The molecule has 1 aliphatic carbocycles. The molecule has 0 unspecified atom stereocenters. The highest BCUT2D eigenvalue weighted by molar-refractivity contribution is 7.22. The van der Waals surface area contributed by atoms with Crippen molar-refractivity contribution in [2.75, 3.05) is 38.6 Å². The fraction of sp³-hybridized carbons (Fsp3) is 0.550. The first-order valence-electron chi connectivity index (χ1n) is 9.92. The van der Waals surface area contributed by atoms with E-state index in [9.17, 15) is 9.59 Å². The van der Waals surface area contributed by atoms with Gasteiger partial charge < -0.3 is 25.4 Å². The average molecular weight is 417 g/mol. The lowest BCUT2D eigenvalue weighted by Gasteiger charge is -2.38. The number of hydrogen-bond donors (Lipinski definition) is 2. The summed E-state index contributed by atoms with van der Waals surface area (Å²) >= 11 is 1.38. The molecule has 0 bridgehead atoms. The molecule has 1 aromatic heterocycles. The minimum atomic E-state index is -0.457. The quantitative estimate of drug-likeness (QED) is 0.773. The number of nitrogens with one attached hydrogen (secondary N) is 1. The molecule has 1 aromatic carbocycles. The Balaban J connectivity index is 1.06. The molecular formula is C20H24N4O4S. The Bertz CT molecular complexity index is 961. The van der Waals surface area contributed by atoms with Gasteiger partial charge >= 0.3 is 6.09 Å². The second kappa shape index (κ2) is 6.84. The van der Waals surface area contributed by atoms with Gasteiger partial charge in [-0.15, -0.1) is 0 Å². The van der Waals surface area contributed by atoms with Crippen LogP contribution in [0.15, 0.2) is 18.2 Å². The molecule has 3 aliphatic rings. The summed E-state index contributed by atoms with van der Waals surface area (Å²) in [7, 11) is 0. The number of amides is 2. The number of nitrogen functional groups attached to an aromatic ring is 1. The van der Waals surface area contributed by atoms with Crippen LogP contribution in [0.3, 0.4) is 0 Å². The number of benzene rings is 1. The van der Waals surface area contributed by atoms with Gasteiger partial charge in [0.15, 0.2) is 10.7 Å². The molecule has 2 aromatic rings. The van der Waals surface area contributed by atoms with Gasteiger partial charge in [0.1, 0.15) is 0 Å². The van der Waals surface area contributed by atoms with Crippen molar-refractivity contribution in [2.45, 2.75) is 18.9 Å². The zero-order valence-electron chi connectivity index (χ0n) is 16.2. The summed E-state index contributed by atoms with van der Waals surface area (Å²) in [5.74, 6) is 1.56. The molecule has 8 nitrogen and oxygen atoms in total. The lowest BCUT2D eigenvalue weighted by molar-refractivity contribution is -0.171. The van der Waals surface area contributed by atoms with E-state index in [-0.39, 0.29) is 12.0 Å². The molecule has 0 spiro atoms. The third kappa shape index (κ3) is 3.53. The largest absolute Gasteiger partial charge is 0.438 e. The van der Waals surface area contributed by atoms with Crippen LogP contribution in [0.5, 0.6) is 0 Å². The normalized spacial score (nSPS) is 26.7. The first-order chi connectivity index (χ1) is 13.9. The molecule has 2 amide bonds. The zero-order valence-corrected chi connectivity index (χ0v) is 17.0. The second-order valence-electron chi connectivity index (χ2n) is 8.49. The number of fused-ring (bicyclic) bond motifs is 2. The summed E-state index contributed by atoms with van der Waals surface area (Å²) in [6, 6.07) is 5.44. The van der Waals surface area contributed by atoms with Crippen molar-refractivity contribution >= 4 is 38.7 Å². The minimum Gasteiger partial charge on any atom is -0.438 e. The molecule has 3 fully saturated rings. The number of nitrogens with two attached hydrogens (primary N) is 1. The van der Waals surface area contributed by atoms with Crippen LogP contribution < -0.4 is 11.1 Å². The highest BCUT2D eigenvalue weighted by Gasteiger charge is 2.56. The molecular weight excluding hydrogens is 392 g/mol. The molecule has 1 saturated carbocycles. The molecule has 3 heterocycles. The Kier molecular flexibility index (Phi) is 4.40. The second-order valence-corrected chi connectivity index (χ2v) is 9.55. The number of carbonyl (C=O) groups is 2. The van der Waals surface area contributed by atoms with Crippen molar-refractivity contribution in [1.29, 1.82) is 0 Å². The fourth-order valence-corrected chi connectivity index (χ4v) is 5.26. The van der Waals surface area contributed by atoms with Gasteiger partial charge in [-0.1, -0.05) is 11.3 Å². The van der Waals surface area contributed by atoms with E-state index in [4.69, 9.17) is 15.2 Å². The van der Waals surface area contributed by atoms with E-state index in [0.717, 1.165) is 29.7 Å². The van der Waals surface area contributed by atoms with Crippen LogP contribution in [0.2, 0.25) is 0 Å². The highest BCUT2D eigenvalue weighted by atomic mass is 32.1. The minimum absolute atomic E-state index is 0.0779. The van der Waals surface area contributed by atoms with Gasteiger partial charge in [-0.05, 0) is 49.3 Å². The van der Waals surface area contributed by atoms with Crippen LogP contribution in [-0.4, -0.2) is 60.3 Å². The zero-order chi connectivity index (χ0) is 20.2. The third-order valence-corrected chi connectivity index (χ3v) is 7.06. The van der Waals surface area contributed by atoms with Crippen molar-refractivity contribution in [1.82, 2.24) is 15.2 Å². The summed E-state index contributed by atoms with van der Waals surface area (Å²) in [6.07, 6.45) is 0.708. The smallest absolute Gasteiger partial charge is 0.410 e. The van der Waals surface area contributed by atoms with Crippen molar-refractivity contribution in [3.8, 4) is 0 Å². The number of anilines is 1. The number of carbonyl (C=O) groups excluding carboxylic acids is 2. The third-order valence-electron chi connectivity index (χ3n) is 6.21. The van der Waals surface area contributed by atoms with Crippen molar-refractivity contribution in [2.24, 2.45) is 17.8 Å². The summed E-state index contributed by atoms with van der Waals surface area (Å²) in [4.78, 5) is 30.7. The maximum atomic E-state index is 12.4. The number of nitrogens with zero attached hydrogens (tertiary/aromatic N) is 2. The Morgan fingerprint density at radius 2 is 2.14 bits per heavy atom. The Labute approximate surface area is 172 Å². The predicted octanol–water partition coefficient (Wildman–Crippen LogP) is 2.10. The van der Waals surface area contributed by atoms with E-state index in [1.165, 1.54) is 11.3 Å².